The average Bonchev–Trinajstić information content (AvgIpc) is 1.87. The summed E-state index contributed by atoms with van der Waals surface area (Å²) in [6.45, 7) is 3.78. The molecule has 3 nitrogen and oxygen atoms in total. The molecule has 0 aromatic heterocycles. The zero-order valence-electron chi connectivity index (χ0n) is 7.20. The Hall–Kier alpha value is -0.120. The molecule has 3 heteroatoms. The average molecular weight is 162 g/mol. The molecule has 0 aliphatic heterocycles. The van der Waals surface area contributed by atoms with Crippen LogP contribution in [0.25, 0.3) is 0 Å². The first-order valence-corrected chi connectivity index (χ1v) is 4.05. The summed E-state index contributed by atoms with van der Waals surface area (Å²) in [6.07, 6.45) is -0.323. The monoisotopic (exact) mass is 162 g/mol. The van der Waals surface area contributed by atoms with E-state index < -0.39 is 12.2 Å². The second-order valence-corrected chi connectivity index (χ2v) is 3.21. The van der Waals surface area contributed by atoms with Crippen molar-refractivity contribution >= 4 is 0 Å². The summed E-state index contributed by atoms with van der Waals surface area (Å²) in [6, 6.07) is 0. The molecular formula is C8H18O3. The molecule has 0 fully saturated rings. The largest absolute Gasteiger partial charge is 0.396 e. The molecule has 0 aromatic rings. The van der Waals surface area contributed by atoms with E-state index in [1.807, 2.05) is 13.8 Å². The van der Waals surface area contributed by atoms with Gasteiger partial charge in [0, 0.05) is 6.61 Å². The second-order valence-electron chi connectivity index (χ2n) is 3.21. The summed E-state index contributed by atoms with van der Waals surface area (Å²) >= 11 is 0. The van der Waals surface area contributed by atoms with Crippen molar-refractivity contribution in [3.05, 3.63) is 0 Å². The fourth-order valence-corrected chi connectivity index (χ4v) is 0.818. The highest BCUT2D eigenvalue weighted by Crippen LogP contribution is 2.09. The van der Waals surface area contributed by atoms with E-state index in [1.54, 1.807) is 0 Å². The summed E-state index contributed by atoms with van der Waals surface area (Å²) in [4.78, 5) is 0. The van der Waals surface area contributed by atoms with Gasteiger partial charge in [-0.05, 0) is 18.8 Å². The second kappa shape index (κ2) is 5.52. The van der Waals surface area contributed by atoms with Gasteiger partial charge >= 0.3 is 0 Å². The molecule has 0 amide bonds. The fourth-order valence-electron chi connectivity index (χ4n) is 0.818. The maximum atomic E-state index is 9.28. The van der Waals surface area contributed by atoms with E-state index in [-0.39, 0.29) is 12.5 Å². The molecule has 0 bridgehead atoms. The Kier molecular flexibility index (Phi) is 5.46. The Morgan fingerprint density at radius 3 is 2.09 bits per heavy atom. The van der Waals surface area contributed by atoms with Crippen molar-refractivity contribution in [1.29, 1.82) is 0 Å². The van der Waals surface area contributed by atoms with Crippen LogP contribution in [0.15, 0.2) is 0 Å². The minimum Gasteiger partial charge on any atom is -0.396 e. The van der Waals surface area contributed by atoms with E-state index in [2.05, 4.69) is 0 Å². The summed E-state index contributed by atoms with van der Waals surface area (Å²) in [5.74, 6) is 0.170. The molecule has 0 aliphatic rings. The highest BCUT2D eigenvalue weighted by Gasteiger charge is 2.14. The van der Waals surface area contributed by atoms with Crippen LogP contribution in [0.2, 0.25) is 0 Å². The Morgan fingerprint density at radius 2 is 1.73 bits per heavy atom. The summed E-state index contributed by atoms with van der Waals surface area (Å²) < 4.78 is 0. The van der Waals surface area contributed by atoms with Gasteiger partial charge in [0.05, 0.1) is 12.2 Å². The molecule has 3 N–H and O–H groups in total. The number of rotatable bonds is 5. The lowest BCUT2D eigenvalue weighted by atomic mass is 10.00. The van der Waals surface area contributed by atoms with Gasteiger partial charge in [0.15, 0.2) is 0 Å². The molecule has 0 spiro atoms. The molecule has 0 saturated carbocycles. The molecule has 0 heterocycles. The van der Waals surface area contributed by atoms with Gasteiger partial charge in [-0.3, -0.25) is 0 Å². The first-order chi connectivity index (χ1) is 5.07. The first kappa shape index (κ1) is 10.9. The third-order valence-corrected chi connectivity index (χ3v) is 1.75. The van der Waals surface area contributed by atoms with E-state index in [0.717, 1.165) is 0 Å². The van der Waals surface area contributed by atoms with Gasteiger partial charge in [0.1, 0.15) is 0 Å². The molecule has 0 aromatic carbocycles. The van der Waals surface area contributed by atoms with Crippen LogP contribution in [0.5, 0.6) is 0 Å². The maximum absolute atomic E-state index is 9.28. The Labute approximate surface area is 67.7 Å². The zero-order chi connectivity index (χ0) is 8.85. The molecule has 0 aliphatic carbocycles. The number of aliphatic hydroxyl groups excluding tert-OH is 3. The Balaban J connectivity index is 3.48. The molecule has 0 radical (unpaired) electrons. The standard InChI is InChI=1S/C8H18O3/c1-6(2)8(11)5-7(10)3-4-9/h6-11H,3-5H2,1-2H3/t7-,8-/m0/s1. The van der Waals surface area contributed by atoms with Gasteiger partial charge in [-0.1, -0.05) is 13.8 Å². The molecule has 2 atom stereocenters. The quantitative estimate of drug-likeness (QED) is 0.539. The van der Waals surface area contributed by atoms with Gasteiger partial charge < -0.3 is 15.3 Å². The highest BCUT2D eigenvalue weighted by molar-refractivity contribution is 4.65. The van der Waals surface area contributed by atoms with Crippen LogP contribution in [0.3, 0.4) is 0 Å². The van der Waals surface area contributed by atoms with Crippen LogP contribution >= 0.6 is 0 Å². The summed E-state index contributed by atoms with van der Waals surface area (Å²) in [7, 11) is 0. The van der Waals surface area contributed by atoms with Gasteiger partial charge in [-0.15, -0.1) is 0 Å². The zero-order valence-corrected chi connectivity index (χ0v) is 7.20. The van der Waals surface area contributed by atoms with Crippen LogP contribution in [0.4, 0.5) is 0 Å². The smallest absolute Gasteiger partial charge is 0.0587 e. The van der Waals surface area contributed by atoms with Crippen molar-refractivity contribution in [2.75, 3.05) is 6.61 Å². The van der Waals surface area contributed by atoms with Crippen molar-refractivity contribution in [2.24, 2.45) is 5.92 Å². The van der Waals surface area contributed by atoms with Crippen LogP contribution in [0.1, 0.15) is 26.7 Å². The van der Waals surface area contributed by atoms with E-state index in [0.29, 0.717) is 12.8 Å². The van der Waals surface area contributed by atoms with Crippen LogP contribution in [-0.2, 0) is 0 Å². The Morgan fingerprint density at radius 1 is 1.18 bits per heavy atom. The van der Waals surface area contributed by atoms with Crippen molar-refractivity contribution in [2.45, 2.75) is 38.9 Å². The summed E-state index contributed by atoms with van der Waals surface area (Å²) in [5, 5.41) is 26.9. The van der Waals surface area contributed by atoms with E-state index in [9.17, 15) is 5.11 Å². The predicted molar refractivity (Wildman–Crippen MR) is 43.2 cm³/mol. The van der Waals surface area contributed by atoms with E-state index >= 15 is 0 Å². The molecular weight excluding hydrogens is 144 g/mol. The van der Waals surface area contributed by atoms with Crippen molar-refractivity contribution < 1.29 is 15.3 Å². The van der Waals surface area contributed by atoms with E-state index in [1.165, 1.54) is 0 Å². The van der Waals surface area contributed by atoms with Gasteiger partial charge in [0.2, 0.25) is 0 Å². The normalized spacial score (nSPS) is 16.9. The van der Waals surface area contributed by atoms with Crippen LogP contribution in [-0.4, -0.2) is 34.1 Å². The van der Waals surface area contributed by atoms with Crippen molar-refractivity contribution in [1.82, 2.24) is 0 Å². The minimum atomic E-state index is -0.572. The molecule has 11 heavy (non-hydrogen) atoms. The first-order valence-electron chi connectivity index (χ1n) is 4.05. The number of hydrogen-bond acceptors (Lipinski definition) is 3. The van der Waals surface area contributed by atoms with E-state index in [4.69, 9.17) is 10.2 Å². The lowest BCUT2D eigenvalue weighted by Gasteiger charge is -2.17. The number of aliphatic hydroxyl groups is 3. The minimum absolute atomic E-state index is 0.0218. The maximum Gasteiger partial charge on any atom is 0.0587 e. The lowest BCUT2D eigenvalue weighted by Crippen LogP contribution is -2.22. The van der Waals surface area contributed by atoms with Crippen LogP contribution < -0.4 is 0 Å². The molecule has 0 saturated heterocycles. The van der Waals surface area contributed by atoms with Gasteiger partial charge in [-0.2, -0.15) is 0 Å². The lowest BCUT2D eigenvalue weighted by molar-refractivity contribution is 0.0421. The Bertz CT molecular complexity index is 93.3. The molecule has 0 unspecified atom stereocenters. The SMILES string of the molecule is CC(C)[C@@H](O)C[C@@H](O)CCO. The highest BCUT2D eigenvalue weighted by atomic mass is 16.3. The number of hydrogen-bond donors (Lipinski definition) is 3. The van der Waals surface area contributed by atoms with Crippen LogP contribution in [0, 0.1) is 5.92 Å². The predicted octanol–water partition coefficient (Wildman–Crippen LogP) is 0.137. The van der Waals surface area contributed by atoms with Gasteiger partial charge in [-0.25, -0.2) is 0 Å². The summed E-state index contributed by atoms with van der Waals surface area (Å²) in [5.41, 5.74) is 0. The topological polar surface area (TPSA) is 60.7 Å². The molecule has 0 rings (SSSR count). The third kappa shape index (κ3) is 5.18. The fraction of sp³-hybridized carbons (Fsp3) is 1.00. The van der Waals surface area contributed by atoms with Gasteiger partial charge in [0.25, 0.3) is 0 Å². The van der Waals surface area contributed by atoms with Crippen molar-refractivity contribution in [3.63, 3.8) is 0 Å². The molecule has 68 valence electrons. The van der Waals surface area contributed by atoms with Crippen molar-refractivity contribution in [3.8, 4) is 0 Å². The third-order valence-electron chi connectivity index (χ3n) is 1.75.